The van der Waals surface area contributed by atoms with E-state index in [4.69, 9.17) is 14.7 Å². The quantitative estimate of drug-likeness (QED) is 0.185. The molecule has 0 fully saturated rings. The number of para-hydroxylation sites is 1. The van der Waals surface area contributed by atoms with Gasteiger partial charge in [-0.25, -0.2) is 9.97 Å². The SMILES string of the molecule is c1ccc(-c2cc(-c3ccc4ccccc4c3)nc(-c3ccc(-c4ccc5c(c4)C4(c6ccccc6O5)c5ccccc5-c5ccccc54)cc3)n2)cc1. The number of hydrogen-bond donors (Lipinski definition) is 0. The van der Waals surface area contributed by atoms with Gasteiger partial charge in [-0.2, -0.15) is 0 Å². The maximum Gasteiger partial charge on any atom is 0.160 e. The molecule has 1 aliphatic carbocycles. The average molecular weight is 689 g/mol. The van der Waals surface area contributed by atoms with Gasteiger partial charge in [0.05, 0.1) is 16.8 Å². The van der Waals surface area contributed by atoms with Crippen LogP contribution >= 0.6 is 0 Å². The number of benzene rings is 8. The molecule has 0 bridgehead atoms. The van der Waals surface area contributed by atoms with E-state index in [0.717, 1.165) is 56.3 Å². The number of aromatic nitrogens is 2. The third-order valence-electron chi connectivity index (χ3n) is 11.2. The van der Waals surface area contributed by atoms with Gasteiger partial charge in [-0.05, 0) is 74.5 Å². The van der Waals surface area contributed by atoms with E-state index in [1.807, 2.05) is 6.07 Å². The van der Waals surface area contributed by atoms with E-state index in [-0.39, 0.29) is 0 Å². The Labute approximate surface area is 313 Å². The highest BCUT2D eigenvalue weighted by Crippen LogP contribution is 2.62. The summed E-state index contributed by atoms with van der Waals surface area (Å²) in [6.07, 6.45) is 0. The number of rotatable bonds is 4. The highest BCUT2D eigenvalue weighted by Gasteiger charge is 2.50. The van der Waals surface area contributed by atoms with Gasteiger partial charge >= 0.3 is 0 Å². The van der Waals surface area contributed by atoms with Crippen molar-refractivity contribution in [3.63, 3.8) is 0 Å². The van der Waals surface area contributed by atoms with E-state index >= 15 is 0 Å². The molecular weight excluding hydrogens is 657 g/mol. The lowest BCUT2D eigenvalue weighted by molar-refractivity contribution is 0.436. The van der Waals surface area contributed by atoms with Crippen LogP contribution in [-0.2, 0) is 5.41 Å². The minimum absolute atomic E-state index is 0.502. The molecule has 3 nitrogen and oxygen atoms in total. The van der Waals surface area contributed by atoms with Crippen LogP contribution in [0.25, 0.3) is 66.9 Å². The van der Waals surface area contributed by atoms with Crippen molar-refractivity contribution in [3.05, 3.63) is 216 Å². The molecule has 1 aliphatic heterocycles. The summed E-state index contributed by atoms with van der Waals surface area (Å²) in [6, 6.07) is 68.9. The van der Waals surface area contributed by atoms with Crippen LogP contribution in [0.15, 0.2) is 194 Å². The van der Waals surface area contributed by atoms with E-state index in [0.29, 0.717) is 5.82 Å². The minimum Gasteiger partial charge on any atom is -0.457 e. The molecule has 54 heavy (non-hydrogen) atoms. The Morgan fingerprint density at radius 1 is 0.333 bits per heavy atom. The molecule has 8 aromatic carbocycles. The normalized spacial score (nSPS) is 13.1. The topological polar surface area (TPSA) is 35.0 Å². The van der Waals surface area contributed by atoms with E-state index < -0.39 is 5.41 Å². The smallest absolute Gasteiger partial charge is 0.160 e. The fourth-order valence-corrected chi connectivity index (χ4v) is 8.68. The molecule has 11 rings (SSSR count). The first kappa shape index (κ1) is 30.5. The summed E-state index contributed by atoms with van der Waals surface area (Å²) < 4.78 is 6.66. The summed E-state index contributed by atoms with van der Waals surface area (Å²) >= 11 is 0. The van der Waals surface area contributed by atoms with Crippen molar-refractivity contribution in [2.75, 3.05) is 0 Å². The molecule has 3 heteroatoms. The molecule has 0 saturated carbocycles. The fourth-order valence-electron chi connectivity index (χ4n) is 8.68. The van der Waals surface area contributed by atoms with Crippen LogP contribution in [0.5, 0.6) is 11.5 Å². The average Bonchev–Trinajstić information content (AvgIpc) is 3.54. The van der Waals surface area contributed by atoms with Crippen molar-refractivity contribution >= 4 is 10.8 Å². The van der Waals surface area contributed by atoms with Crippen LogP contribution in [0.4, 0.5) is 0 Å². The van der Waals surface area contributed by atoms with Gasteiger partial charge in [0.1, 0.15) is 11.5 Å². The van der Waals surface area contributed by atoms with Gasteiger partial charge in [-0.1, -0.05) is 164 Å². The molecule has 2 heterocycles. The second-order valence-electron chi connectivity index (χ2n) is 14.1. The van der Waals surface area contributed by atoms with Crippen molar-refractivity contribution in [3.8, 4) is 67.7 Å². The first-order chi connectivity index (χ1) is 26.7. The van der Waals surface area contributed by atoms with Gasteiger partial charge in [0.2, 0.25) is 0 Å². The zero-order valence-electron chi connectivity index (χ0n) is 29.3. The van der Waals surface area contributed by atoms with Gasteiger partial charge < -0.3 is 4.74 Å². The van der Waals surface area contributed by atoms with Gasteiger partial charge in [0.15, 0.2) is 5.82 Å². The molecular formula is C51H32N2O. The molecule has 1 spiro atoms. The van der Waals surface area contributed by atoms with E-state index in [1.165, 1.54) is 38.6 Å². The number of hydrogen-bond acceptors (Lipinski definition) is 3. The molecule has 0 saturated heterocycles. The molecule has 0 N–H and O–H groups in total. The van der Waals surface area contributed by atoms with Crippen LogP contribution < -0.4 is 4.74 Å². The van der Waals surface area contributed by atoms with Gasteiger partial charge in [-0.15, -0.1) is 0 Å². The largest absolute Gasteiger partial charge is 0.457 e. The summed E-state index contributed by atoms with van der Waals surface area (Å²) in [5.41, 5.74) is 14.0. The van der Waals surface area contributed by atoms with Crippen molar-refractivity contribution < 1.29 is 4.74 Å². The van der Waals surface area contributed by atoms with Crippen molar-refractivity contribution in [1.82, 2.24) is 9.97 Å². The maximum absolute atomic E-state index is 6.66. The zero-order chi connectivity index (χ0) is 35.6. The molecule has 0 radical (unpaired) electrons. The van der Waals surface area contributed by atoms with Crippen molar-refractivity contribution in [2.45, 2.75) is 5.41 Å². The monoisotopic (exact) mass is 688 g/mol. The predicted octanol–water partition coefficient (Wildman–Crippen LogP) is 12.8. The first-order valence-electron chi connectivity index (χ1n) is 18.4. The highest BCUT2D eigenvalue weighted by molar-refractivity contribution is 5.90. The van der Waals surface area contributed by atoms with Crippen LogP contribution in [0.1, 0.15) is 22.3 Å². The Morgan fingerprint density at radius 3 is 1.65 bits per heavy atom. The van der Waals surface area contributed by atoms with E-state index in [9.17, 15) is 0 Å². The van der Waals surface area contributed by atoms with Crippen molar-refractivity contribution in [2.24, 2.45) is 0 Å². The minimum atomic E-state index is -0.502. The molecule has 0 amide bonds. The molecule has 1 aromatic heterocycles. The molecule has 0 unspecified atom stereocenters. The molecule has 9 aromatic rings. The number of ether oxygens (including phenoxy) is 1. The second kappa shape index (κ2) is 12.0. The lowest BCUT2D eigenvalue weighted by Gasteiger charge is -2.39. The second-order valence-corrected chi connectivity index (χ2v) is 14.1. The zero-order valence-corrected chi connectivity index (χ0v) is 29.3. The molecule has 252 valence electrons. The van der Waals surface area contributed by atoms with Gasteiger partial charge in [0, 0.05) is 27.8 Å². The number of nitrogens with zero attached hydrogens (tertiary/aromatic N) is 2. The Morgan fingerprint density at radius 2 is 0.889 bits per heavy atom. The number of fused-ring (bicyclic) bond motifs is 10. The summed E-state index contributed by atoms with van der Waals surface area (Å²) in [5, 5.41) is 2.39. The van der Waals surface area contributed by atoms with Crippen molar-refractivity contribution in [1.29, 1.82) is 0 Å². The van der Waals surface area contributed by atoms with Gasteiger partial charge in [-0.3, -0.25) is 0 Å². The van der Waals surface area contributed by atoms with Crippen LogP contribution in [0.3, 0.4) is 0 Å². The van der Waals surface area contributed by atoms with Gasteiger partial charge in [0.25, 0.3) is 0 Å². The summed E-state index contributed by atoms with van der Waals surface area (Å²) in [7, 11) is 0. The van der Waals surface area contributed by atoms with Crippen LogP contribution in [0, 0.1) is 0 Å². The lowest BCUT2D eigenvalue weighted by atomic mass is 9.66. The van der Waals surface area contributed by atoms with Crippen LogP contribution in [-0.4, -0.2) is 9.97 Å². The Kier molecular flexibility index (Phi) is 6.77. The fraction of sp³-hybridized carbons (Fsp3) is 0.0196. The Hall–Kier alpha value is -7.10. The summed E-state index contributed by atoms with van der Waals surface area (Å²) in [5.74, 6) is 2.47. The highest BCUT2D eigenvalue weighted by atomic mass is 16.5. The summed E-state index contributed by atoms with van der Waals surface area (Å²) in [6.45, 7) is 0. The van der Waals surface area contributed by atoms with E-state index in [1.54, 1.807) is 0 Å². The molecule has 2 aliphatic rings. The lowest BCUT2D eigenvalue weighted by Crippen LogP contribution is -2.32. The van der Waals surface area contributed by atoms with E-state index in [2.05, 4.69) is 188 Å². The third kappa shape index (κ3) is 4.62. The Balaban J connectivity index is 1.04. The summed E-state index contributed by atoms with van der Waals surface area (Å²) in [4.78, 5) is 10.3. The predicted molar refractivity (Wildman–Crippen MR) is 219 cm³/mol. The first-order valence-corrected chi connectivity index (χ1v) is 18.4. The van der Waals surface area contributed by atoms with Crippen LogP contribution in [0.2, 0.25) is 0 Å². The maximum atomic E-state index is 6.66. The third-order valence-corrected chi connectivity index (χ3v) is 11.2. The molecule has 0 atom stereocenters. The standard InChI is InChI=1S/C51H32N2O/c1-2-13-35(14-3-1)46-32-47(39-27-24-33-12-4-5-15-37(33)30-39)53-50(52-46)36-25-22-34(23-26-36)38-28-29-49-45(31-38)51(44-20-10-11-21-48(44)54-49)42-18-8-6-16-40(42)41-17-7-9-19-43(41)51/h1-32H. The Bertz CT molecular complexity index is 2870.